The Labute approximate surface area is 101 Å². The average Bonchev–Trinajstić information content (AvgIpc) is 2.29. The standard InChI is InChI=1S/C13H28N2O/c1-12(2)15(3)9-6-8-14-11-13-7-4-5-10-16-13/h12-14H,4-11H2,1-3H3. The van der Waals surface area contributed by atoms with E-state index in [-0.39, 0.29) is 0 Å². The minimum atomic E-state index is 0.469. The van der Waals surface area contributed by atoms with E-state index >= 15 is 0 Å². The van der Waals surface area contributed by atoms with Crippen LogP contribution in [0.25, 0.3) is 0 Å². The van der Waals surface area contributed by atoms with Crippen LogP contribution in [0.1, 0.15) is 39.5 Å². The van der Waals surface area contributed by atoms with Gasteiger partial charge in [-0.1, -0.05) is 0 Å². The maximum absolute atomic E-state index is 5.67. The van der Waals surface area contributed by atoms with Crippen molar-refractivity contribution in [2.45, 2.75) is 51.7 Å². The van der Waals surface area contributed by atoms with Gasteiger partial charge in [-0.15, -0.1) is 0 Å². The third kappa shape index (κ3) is 5.83. The third-order valence-corrected chi connectivity index (χ3v) is 3.39. The molecule has 1 atom stereocenters. The van der Waals surface area contributed by atoms with E-state index in [0.717, 1.165) is 19.7 Å². The van der Waals surface area contributed by atoms with Crippen LogP contribution in [0.5, 0.6) is 0 Å². The fourth-order valence-electron chi connectivity index (χ4n) is 1.94. The van der Waals surface area contributed by atoms with Gasteiger partial charge in [0, 0.05) is 19.2 Å². The topological polar surface area (TPSA) is 24.5 Å². The van der Waals surface area contributed by atoms with Crippen LogP contribution < -0.4 is 5.32 Å². The Morgan fingerprint density at radius 2 is 2.19 bits per heavy atom. The van der Waals surface area contributed by atoms with Crippen molar-refractivity contribution in [3.05, 3.63) is 0 Å². The molecule has 0 aromatic carbocycles. The summed E-state index contributed by atoms with van der Waals surface area (Å²) in [5, 5.41) is 3.50. The Bertz CT molecular complexity index is 167. The molecule has 16 heavy (non-hydrogen) atoms. The first-order valence-electron chi connectivity index (χ1n) is 6.72. The molecule has 1 saturated heterocycles. The summed E-state index contributed by atoms with van der Waals surface area (Å²) in [6.07, 6.45) is 5.51. The molecule has 0 aromatic heterocycles. The van der Waals surface area contributed by atoms with E-state index in [2.05, 4.69) is 31.1 Å². The molecule has 3 heteroatoms. The van der Waals surface area contributed by atoms with Crippen molar-refractivity contribution in [2.75, 3.05) is 33.3 Å². The molecule has 1 aliphatic heterocycles. The maximum Gasteiger partial charge on any atom is 0.0699 e. The molecule has 1 N–H and O–H groups in total. The Morgan fingerprint density at radius 3 is 2.81 bits per heavy atom. The predicted molar refractivity (Wildman–Crippen MR) is 68.8 cm³/mol. The van der Waals surface area contributed by atoms with Crippen molar-refractivity contribution in [3.8, 4) is 0 Å². The summed E-state index contributed by atoms with van der Waals surface area (Å²) in [5.41, 5.74) is 0. The van der Waals surface area contributed by atoms with Gasteiger partial charge in [0.05, 0.1) is 6.10 Å². The van der Waals surface area contributed by atoms with Crippen LogP contribution in [0.3, 0.4) is 0 Å². The molecule has 0 aromatic rings. The molecule has 0 spiro atoms. The minimum absolute atomic E-state index is 0.469. The largest absolute Gasteiger partial charge is 0.377 e. The molecular weight excluding hydrogens is 200 g/mol. The zero-order valence-corrected chi connectivity index (χ0v) is 11.2. The van der Waals surface area contributed by atoms with Crippen molar-refractivity contribution < 1.29 is 4.74 Å². The molecule has 1 heterocycles. The van der Waals surface area contributed by atoms with Gasteiger partial charge in [-0.05, 0) is 59.7 Å². The molecule has 1 aliphatic rings. The van der Waals surface area contributed by atoms with E-state index in [1.54, 1.807) is 0 Å². The highest BCUT2D eigenvalue weighted by Crippen LogP contribution is 2.11. The molecule has 1 unspecified atom stereocenters. The molecule has 0 radical (unpaired) electrons. The SMILES string of the molecule is CC(C)N(C)CCCNCC1CCCCO1. The van der Waals surface area contributed by atoms with Crippen molar-refractivity contribution in [2.24, 2.45) is 0 Å². The van der Waals surface area contributed by atoms with E-state index in [0.29, 0.717) is 12.1 Å². The molecule has 1 rings (SSSR count). The van der Waals surface area contributed by atoms with Gasteiger partial charge in [-0.25, -0.2) is 0 Å². The van der Waals surface area contributed by atoms with Gasteiger partial charge in [0.2, 0.25) is 0 Å². The Balaban J connectivity index is 1.91. The molecular formula is C13H28N2O. The second kappa shape index (κ2) is 8.04. The summed E-state index contributed by atoms with van der Waals surface area (Å²) in [6.45, 7) is 8.76. The summed E-state index contributed by atoms with van der Waals surface area (Å²) in [4.78, 5) is 2.39. The van der Waals surface area contributed by atoms with Crippen molar-refractivity contribution in [1.82, 2.24) is 10.2 Å². The van der Waals surface area contributed by atoms with Gasteiger partial charge in [0.1, 0.15) is 0 Å². The van der Waals surface area contributed by atoms with Gasteiger partial charge in [0.25, 0.3) is 0 Å². The summed E-state index contributed by atoms with van der Waals surface area (Å²) < 4.78 is 5.67. The van der Waals surface area contributed by atoms with E-state index in [1.165, 1.54) is 32.2 Å². The lowest BCUT2D eigenvalue weighted by molar-refractivity contribution is 0.0169. The lowest BCUT2D eigenvalue weighted by Crippen LogP contribution is -2.34. The van der Waals surface area contributed by atoms with Crippen LogP contribution in [0.4, 0.5) is 0 Å². The first-order valence-corrected chi connectivity index (χ1v) is 6.72. The summed E-state index contributed by atoms with van der Waals surface area (Å²) in [6, 6.07) is 0.654. The quantitative estimate of drug-likeness (QED) is 0.673. The number of nitrogens with zero attached hydrogens (tertiary/aromatic N) is 1. The lowest BCUT2D eigenvalue weighted by atomic mass is 10.1. The molecule has 0 amide bonds. The second-order valence-corrected chi connectivity index (χ2v) is 5.12. The van der Waals surface area contributed by atoms with E-state index in [9.17, 15) is 0 Å². The lowest BCUT2D eigenvalue weighted by Gasteiger charge is -2.23. The van der Waals surface area contributed by atoms with Crippen molar-refractivity contribution >= 4 is 0 Å². The highest BCUT2D eigenvalue weighted by Gasteiger charge is 2.12. The number of nitrogens with one attached hydrogen (secondary N) is 1. The van der Waals surface area contributed by atoms with Crippen molar-refractivity contribution in [1.29, 1.82) is 0 Å². The maximum atomic E-state index is 5.67. The number of hydrogen-bond donors (Lipinski definition) is 1. The molecule has 0 bridgehead atoms. The van der Waals surface area contributed by atoms with E-state index in [1.807, 2.05) is 0 Å². The minimum Gasteiger partial charge on any atom is -0.377 e. The smallest absolute Gasteiger partial charge is 0.0699 e. The van der Waals surface area contributed by atoms with E-state index in [4.69, 9.17) is 4.74 Å². The molecule has 0 saturated carbocycles. The number of hydrogen-bond acceptors (Lipinski definition) is 3. The van der Waals surface area contributed by atoms with Gasteiger partial charge in [0.15, 0.2) is 0 Å². The molecule has 0 aliphatic carbocycles. The van der Waals surface area contributed by atoms with Gasteiger partial charge >= 0.3 is 0 Å². The highest BCUT2D eigenvalue weighted by atomic mass is 16.5. The first-order chi connectivity index (χ1) is 7.70. The zero-order valence-electron chi connectivity index (χ0n) is 11.2. The van der Waals surface area contributed by atoms with Gasteiger partial charge < -0.3 is 15.0 Å². The average molecular weight is 228 g/mol. The summed E-state index contributed by atoms with van der Waals surface area (Å²) in [5.74, 6) is 0. The van der Waals surface area contributed by atoms with Crippen LogP contribution in [0.15, 0.2) is 0 Å². The van der Waals surface area contributed by atoms with Crippen LogP contribution in [0.2, 0.25) is 0 Å². The Kier molecular flexibility index (Phi) is 7.01. The van der Waals surface area contributed by atoms with Crippen molar-refractivity contribution in [3.63, 3.8) is 0 Å². The van der Waals surface area contributed by atoms with E-state index < -0.39 is 0 Å². The molecule has 3 nitrogen and oxygen atoms in total. The summed E-state index contributed by atoms with van der Waals surface area (Å²) in [7, 11) is 2.19. The predicted octanol–water partition coefficient (Wildman–Crippen LogP) is 1.88. The number of rotatable bonds is 7. The van der Waals surface area contributed by atoms with Crippen LogP contribution >= 0.6 is 0 Å². The van der Waals surface area contributed by atoms with Gasteiger partial charge in [-0.2, -0.15) is 0 Å². The third-order valence-electron chi connectivity index (χ3n) is 3.39. The molecule has 96 valence electrons. The zero-order chi connectivity index (χ0) is 11.8. The monoisotopic (exact) mass is 228 g/mol. The first kappa shape index (κ1) is 13.9. The Hall–Kier alpha value is -0.120. The normalized spacial score (nSPS) is 21.9. The van der Waals surface area contributed by atoms with Gasteiger partial charge in [-0.3, -0.25) is 0 Å². The van der Waals surface area contributed by atoms with Crippen LogP contribution in [-0.4, -0.2) is 50.3 Å². The highest BCUT2D eigenvalue weighted by molar-refractivity contribution is 4.66. The Morgan fingerprint density at radius 1 is 1.38 bits per heavy atom. The fourth-order valence-corrected chi connectivity index (χ4v) is 1.94. The van der Waals surface area contributed by atoms with Crippen LogP contribution in [0, 0.1) is 0 Å². The molecule has 1 fully saturated rings. The number of ether oxygens (including phenoxy) is 1. The van der Waals surface area contributed by atoms with Crippen LogP contribution in [-0.2, 0) is 4.74 Å². The second-order valence-electron chi connectivity index (χ2n) is 5.12. The fraction of sp³-hybridized carbons (Fsp3) is 1.00. The summed E-state index contributed by atoms with van der Waals surface area (Å²) >= 11 is 0.